The zero-order valence-corrected chi connectivity index (χ0v) is 17.2. The van der Waals surface area contributed by atoms with E-state index in [2.05, 4.69) is 11.0 Å². The quantitative estimate of drug-likeness (QED) is 0.798. The lowest BCUT2D eigenvalue weighted by Gasteiger charge is -2.46. The zero-order chi connectivity index (χ0) is 21.0. The first kappa shape index (κ1) is 21.4. The lowest BCUT2D eigenvalue weighted by atomic mass is 10.1. The molecule has 3 atom stereocenters. The molecule has 2 aliphatic rings. The van der Waals surface area contributed by atoms with Crippen LogP contribution in [0.4, 0.5) is 4.79 Å². The van der Waals surface area contributed by atoms with E-state index in [4.69, 9.17) is 19.5 Å². The third kappa shape index (κ3) is 6.32. The van der Waals surface area contributed by atoms with E-state index in [-0.39, 0.29) is 24.9 Å². The summed E-state index contributed by atoms with van der Waals surface area (Å²) in [6.07, 6.45) is -1.14. The van der Waals surface area contributed by atoms with Gasteiger partial charge in [0.1, 0.15) is 24.1 Å². The smallest absolute Gasteiger partial charge is 0.410 e. The average Bonchev–Trinajstić information content (AvgIpc) is 2.64. The van der Waals surface area contributed by atoms with Gasteiger partial charge in [0.05, 0.1) is 36.9 Å². The summed E-state index contributed by atoms with van der Waals surface area (Å²) in [6.45, 7) is 8.47. The number of carbonyl (C=O) groups is 1. The van der Waals surface area contributed by atoms with E-state index in [9.17, 15) is 9.90 Å². The molecule has 1 amide bonds. The molecular weight excluding hydrogens is 374 g/mol. The number of benzene rings is 1. The number of aliphatic hydroxyl groups is 1. The zero-order valence-electron chi connectivity index (χ0n) is 17.2. The van der Waals surface area contributed by atoms with Gasteiger partial charge < -0.3 is 24.2 Å². The SMILES string of the molecule is CC(C)(C)OC(=O)N1CC2CN(CC(O)COc3ccc(C#N)cc3)CC(C1)O2. The second kappa shape index (κ2) is 8.99. The van der Waals surface area contributed by atoms with Crippen molar-refractivity contribution in [2.45, 2.75) is 44.7 Å². The molecule has 1 N–H and O–H groups in total. The number of carbonyl (C=O) groups excluding carboxylic acids is 1. The van der Waals surface area contributed by atoms with Crippen molar-refractivity contribution in [1.82, 2.24) is 9.80 Å². The van der Waals surface area contributed by atoms with E-state index >= 15 is 0 Å². The number of nitriles is 1. The normalized spacial score (nSPS) is 23.2. The largest absolute Gasteiger partial charge is 0.491 e. The van der Waals surface area contributed by atoms with Crippen LogP contribution in [0.1, 0.15) is 26.3 Å². The van der Waals surface area contributed by atoms with Crippen molar-refractivity contribution in [2.75, 3.05) is 39.3 Å². The van der Waals surface area contributed by atoms with Crippen molar-refractivity contribution in [2.24, 2.45) is 0 Å². The van der Waals surface area contributed by atoms with Crippen molar-refractivity contribution < 1.29 is 24.1 Å². The summed E-state index contributed by atoms with van der Waals surface area (Å²) in [5.74, 6) is 0.620. The van der Waals surface area contributed by atoms with Gasteiger partial charge in [0.25, 0.3) is 0 Å². The van der Waals surface area contributed by atoms with Gasteiger partial charge in [-0.3, -0.25) is 4.90 Å². The molecule has 2 fully saturated rings. The molecule has 0 radical (unpaired) electrons. The van der Waals surface area contributed by atoms with Crippen LogP contribution < -0.4 is 4.74 Å². The molecule has 8 nitrogen and oxygen atoms in total. The summed E-state index contributed by atoms with van der Waals surface area (Å²) >= 11 is 0. The Morgan fingerprint density at radius 2 is 1.86 bits per heavy atom. The minimum absolute atomic E-state index is 0.0957. The van der Waals surface area contributed by atoms with Gasteiger partial charge in [-0.1, -0.05) is 0 Å². The highest BCUT2D eigenvalue weighted by molar-refractivity contribution is 5.68. The van der Waals surface area contributed by atoms with E-state index in [1.165, 1.54) is 0 Å². The number of β-amino-alcohol motifs (C(OH)–C–C–N with tert-alkyl or cyclic N) is 1. The van der Waals surface area contributed by atoms with Crippen LogP contribution in [0.25, 0.3) is 0 Å². The molecule has 2 aliphatic heterocycles. The summed E-state index contributed by atoms with van der Waals surface area (Å²) in [7, 11) is 0. The maximum absolute atomic E-state index is 12.3. The predicted molar refractivity (Wildman–Crippen MR) is 106 cm³/mol. The molecular formula is C21H29N3O5. The lowest BCUT2D eigenvalue weighted by molar-refractivity contribution is -0.140. The lowest BCUT2D eigenvalue weighted by Crippen LogP contribution is -2.61. The standard InChI is InChI=1S/C21H29N3O5/c1-21(2,3)29-20(26)24-12-18-10-23(11-19(13-24)28-18)9-16(25)14-27-17-6-4-15(8-22)5-7-17/h4-7,16,18-19,25H,9-14H2,1-3H3. The van der Waals surface area contributed by atoms with Gasteiger partial charge in [-0.05, 0) is 45.0 Å². The maximum Gasteiger partial charge on any atom is 0.410 e. The Bertz CT molecular complexity index is 726. The summed E-state index contributed by atoms with van der Waals surface area (Å²) < 4.78 is 17.0. The Kier molecular flexibility index (Phi) is 6.63. The number of rotatable bonds is 5. The average molecular weight is 403 g/mol. The number of hydrogen-bond acceptors (Lipinski definition) is 7. The van der Waals surface area contributed by atoms with Crippen LogP contribution >= 0.6 is 0 Å². The molecule has 29 heavy (non-hydrogen) atoms. The summed E-state index contributed by atoms with van der Waals surface area (Å²) in [5.41, 5.74) is 0.0495. The Morgan fingerprint density at radius 1 is 1.24 bits per heavy atom. The fourth-order valence-corrected chi connectivity index (χ4v) is 3.57. The number of morpholine rings is 2. The number of hydrogen-bond donors (Lipinski definition) is 1. The number of nitrogens with zero attached hydrogens (tertiary/aromatic N) is 3. The highest BCUT2D eigenvalue weighted by Crippen LogP contribution is 2.21. The van der Waals surface area contributed by atoms with E-state index in [1.54, 1.807) is 29.2 Å². The highest BCUT2D eigenvalue weighted by Gasteiger charge is 2.38. The fraction of sp³-hybridized carbons (Fsp3) is 0.619. The second-order valence-corrected chi connectivity index (χ2v) is 8.58. The van der Waals surface area contributed by atoms with Crippen molar-refractivity contribution >= 4 is 6.09 Å². The molecule has 2 bridgehead atoms. The second-order valence-electron chi connectivity index (χ2n) is 8.58. The molecule has 0 aliphatic carbocycles. The van der Waals surface area contributed by atoms with Crippen LogP contribution in [0.3, 0.4) is 0 Å². The Labute approximate surface area is 171 Å². The number of aliphatic hydroxyl groups excluding tert-OH is 1. The highest BCUT2D eigenvalue weighted by atomic mass is 16.6. The van der Waals surface area contributed by atoms with Gasteiger partial charge in [0, 0.05) is 19.6 Å². The first-order valence-electron chi connectivity index (χ1n) is 9.88. The van der Waals surface area contributed by atoms with E-state index in [1.807, 2.05) is 20.8 Å². The van der Waals surface area contributed by atoms with Crippen LogP contribution in [-0.2, 0) is 9.47 Å². The Hall–Kier alpha value is -2.34. The fourth-order valence-electron chi connectivity index (χ4n) is 3.57. The van der Waals surface area contributed by atoms with Gasteiger partial charge in [0.2, 0.25) is 0 Å². The molecule has 0 spiro atoms. The molecule has 0 saturated carbocycles. The van der Waals surface area contributed by atoms with Gasteiger partial charge in [-0.2, -0.15) is 5.26 Å². The van der Waals surface area contributed by atoms with Crippen LogP contribution in [-0.4, -0.2) is 84.2 Å². The molecule has 3 rings (SSSR count). The molecule has 8 heteroatoms. The van der Waals surface area contributed by atoms with Crippen LogP contribution in [0.2, 0.25) is 0 Å². The summed E-state index contributed by atoms with van der Waals surface area (Å²) in [4.78, 5) is 16.2. The Morgan fingerprint density at radius 3 is 2.41 bits per heavy atom. The van der Waals surface area contributed by atoms with E-state index in [0.717, 1.165) is 0 Å². The molecule has 1 aromatic carbocycles. The molecule has 158 valence electrons. The summed E-state index contributed by atoms with van der Waals surface area (Å²) in [6, 6.07) is 8.86. The first-order chi connectivity index (χ1) is 13.7. The van der Waals surface area contributed by atoms with Gasteiger partial charge in [-0.15, -0.1) is 0 Å². The van der Waals surface area contributed by atoms with E-state index < -0.39 is 11.7 Å². The molecule has 0 aromatic heterocycles. The van der Waals surface area contributed by atoms with Crippen molar-refractivity contribution in [3.63, 3.8) is 0 Å². The number of amides is 1. The predicted octanol–water partition coefficient (Wildman–Crippen LogP) is 1.62. The minimum Gasteiger partial charge on any atom is -0.491 e. The van der Waals surface area contributed by atoms with Crippen LogP contribution in [0.5, 0.6) is 5.75 Å². The van der Waals surface area contributed by atoms with Crippen molar-refractivity contribution in [3.8, 4) is 11.8 Å². The van der Waals surface area contributed by atoms with Crippen molar-refractivity contribution in [1.29, 1.82) is 5.26 Å². The molecule has 2 heterocycles. The Balaban J connectivity index is 1.44. The number of fused-ring (bicyclic) bond motifs is 2. The topological polar surface area (TPSA) is 95.3 Å². The maximum atomic E-state index is 12.3. The number of ether oxygens (including phenoxy) is 3. The van der Waals surface area contributed by atoms with Gasteiger partial charge >= 0.3 is 6.09 Å². The molecule has 3 unspecified atom stereocenters. The van der Waals surface area contributed by atoms with Crippen molar-refractivity contribution in [3.05, 3.63) is 29.8 Å². The van der Waals surface area contributed by atoms with Gasteiger partial charge in [-0.25, -0.2) is 4.79 Å². The summed E-state index contributed by atoms with van der Waals surface area (Å²) in [5, 5.41) is 19.2. The molecule has 2 saturated heterocycles. The first-order valence-corrected chi connectivity index (χ1v) is 9.88. The third-order valence-corrected chi connectivity index (χ3v) is 4.70. The third-order valence-electron chi connectivity index (χ3n) is 4.70. The van der Waals surface area contributed by atoms with Crippen LogP contribution in [0, 0.1) is 11.3 Å². The van der Waals surface area contributed by atoms with Gasteiger partial charge in [0.15, 0.2) is 0 Å². The molecule has 1 aromatic rings. The monoisotopic (exact) mass is 403 g/mol. The van der Waals surface area contributed by atoms with E-state index in [0.29, 0.717) is 44.0 Å². The minimum atomic E-state index is -0.647. The van der Waals surface area contributed by atoms with Crippen LogP contribution in [0.15, 0.2) is 24.3 Å².